The van der Waals surface area contributed by atoms with E-state index in [-0.39, 0.29) is 10.5 Å². The molecule has 0 unspecified atom stereocenters. The van der Waals surface area contributed by atoms with Crippen LogP contribution in [0.25, 0.3) is 0 Å². The van der Waals surface area contributed by atoms with Crippen LogP contribution in [0, 0.1) is 5.92 Å². The van der Waals surface area contributed by atoms with Crippen LogP contribution in [0.5, 0.6) is 5.75 Å². The van der Waals surface area contributed by atoms with Crippen LogP contribution in [-0.4, -0.2) is 37.7 Å². The maximum atomic E-state index is 13.0. The predicted octanol–water partition coefficient (Wildman–Crippen LogP) is 4.11. The molecule has 0 bridgehead atoms. The van der Waals surface area contributed by atoms with Crippen molar-refractivity contribution in [3.8, 4) is 5.75 Å². The number of sulfonamides is 1. The van der Waals surface area contributed by atoms with E-state index in [1.165, 1.54) is 28.1 Å². The fraction of sp³-hybridized carbons (Fsp3) is 0.381. The minimum atomic E-state index is -3.68. The summed E-state index contributed by atoms with van der Waals surface area (Å²) < 4.78 is 32.9. The van der Waals surface area contributed by atoms with Crippen molar-refractivity contribution in [2.24, 2.45) is 5.92 Å². The minimum absolute atomic E-state index is 0.0708. The molecular weight excluding hydrogens is 398 g/mol. The summed E-state index contributed by atoms with van der Waals surface area (Å²) in [7, 11) is -3.68. The summed E-state index contributed by atoms with van der Waals surface area (Å²) in [5.74, 6) is 0.761. The highest BCUT2D eigenvalue weighted by molar-refractivity contribution is 7.89. The lowest BCUT2D eigenvalue weighted by Crippen LogP contribution is -2.38. The van der Waals surface area contributed by atoms with Gasteiger partial charge in [0.15, 0.2) is 0 Å². The molecule has 2 aromatic carbocycles. The van der Waals surface area contributed by atoms with Crippen LogP contribution in [0.15, 0.2) is 53.4 Å². The number of carbonyl (C=O) groups is 1. The summed E-state index contributed by atoms with van der Waals surface area (Å²) in [6.07, 6.45) is 2.58. The Balaban J connectivity index is 1.72. The van der Waals surface area contributed by atoms with Crippen LogP contribution < -0.4 is 4.74 Å². The maximum Gasteiger partial charge on any atom is 0.256 e. The van der Waals surface area contributed by atoms with Gasteiger partial charge in [-0.1, -0.05) is 30.3 Å². The molecule has 2 aromatic rings. The molecule has 1 heterocycles. The number of rotatable bonds is 7. The van der Waals surface area contributed by atoms with Gasteiger partial charge in [-0.2, -0.15) is 4.31 Å². The first-order valence-electron chi connectivity index (χ1n) is 9.42. The fourth-order valence-electron chi connectivity index (χ4n) is 3.55. The van der Waals surface area contributed by atoms with Crippen molar-refractivity contribution < 1.29 is 17.9 Å². The molecule has 0 saturated carbocycles. The van der Waals surface area contributed by atoms with Gasteiger partial charge in [-0.3, -0.25) is 4.79 Å². The van der Waals surface area contributed by atoms with Gasteiger partial charge in [-0.05, 0) is 67.5 Å². The van der Waals surface area contributed by atoms with E-state index in [1.807, 2.05) is 18.2 Å². The zero-order chi connectivity index (χ0) is 20.1. The van der Waals surface area contributed by atoms with Gasteiger partial charge in [0.1, 0.15) is 5.75 Å². The van der Waals surface area contributed by atoms with Gasteiger partial charge in [0, 0.05) is 13.1 Å². The third kappa shape index (κ3) is 4.74. The van der Waals surface area contributed by atoms with Crippen LogP contribution >= 0.6 is 11.6 Å². The largest absolute Gasteiger partial charge is 0.493 e. The highest BCUT2D eigenvalue weighted by atomic mass is 35.5. The molecule has 0 spiro atoms. The third-order valence-electron chi connectivity index (χ3n) is 5.04. The Morgan fingerprint density at radius 1 is 1.14 bits per heavy atom. The predicted molar refractivity (Wildman–Crippen MR) is 109 cm³/mol. The lowest BCUT2D eigenvalue weighted by Gasteiger charge is -2.31. The summed E-state index contributed by atoms with van der Waals surface area (Å²) in [5.41, 5.74) is 1.35. The third-order valence-corrected chi connectivity index (χ3v) is 7.14. The Morgan fingerprint density at radius 2 is 1.82 bits per heavy atom. The second-order valence-corrected chi connectivity index (χ2v) is 9.18. The molecule has 0 atom stereocenters. The van der Waals surface area contributed by atoms with Gasteiger partial charge in [-0.25, -0.2) is 8.42 Å². The lowest BCUT2D eigenvalue weighted by atomic mass is 9.91. The topological polar surface area (TPSA) is 63.7 Å². The Labute approximate surface area is 171 Å². The fourth-order valence-corrected chi connectivity index (χ4v) is 5.20. The first-order valence-corrected chi connectivity index (χ1v) is 11.2. The first-order chi connectivity index (χ1) is 13.4. The van der Waals surface area contributed by atoms with Crippen LogP contribution in [0.1, 0.15) is 35.7 Å². The molecule has 1 saturated heterocycles. The molecule has 7 heteroatoms. The average molecular weight is 422 g/mol. The van der Waals surface area contributed by atoms with Gasteiger partial charge >= 0.3 is 0 Å². The van der Waals surface area contributed by atoms with Crippen molar-refractivity contribution in [1.29, 1.82) is 0 Å². The molecule has 0 N–H and O–H groups in total. The van der Waals surface area contributed by atoms with E-state index < -0.39 is 15.3 Å². The minimum Gasteiger partial charge on any atom is -0.493 e. The number of hydrogen-bond acceptors (Lipinski definition) is 4. The normalized spacial score (nSPS) is 16.1. The number of piperidine rings is 1. The number of halogens is 1. The molecule has 1 fully saturated rings. The Bertz CT molecular complexity index is 923. The van der Waals surface area contributed by atoms with E-state index in [0.29, 0.717) is 31.4 Å². The van der Waals surface area contributed by atoms with E-state index in [4.69, 9.17) is 16.3 Å². The average Bonchev–Trinajstić information content (AvgIpc) is 2.69. The molecule has 150 valence electrons. The summed E-state index contributed by atoms with van der Waals surface area (Å²) >= 11 is 5.62. The standard InChI is InChI=1S/C21H24ClNO4S/c1-2-27-20-9-8-18(15-19(20)21(22)24)28(25,26)23-12-10-17(11-13-23)14-16-6-4-3-5-7-16/h3-9,15,17H,2,10-14H2,1H3. The van der Waals surface area contributed by atoms with Gasteiger partial charge in [-0.15, -0.1) is 0 Å². The molecular formula is C21H24ClNO4S. The SMILES string of the molecule is CCOc1ccc(S(=O)(=O)N2CCC(Cc3ccccc3)CC2)cc1C(=O)Cl. The van der Waals surface area contributed by atoms with E-state index in [9.17, 15) is 13.2 Å². The first kappa shape index (κ1) is 20.8. The summed E-state index contributed by atoms with van der Waals surface area (Å²) in [4.78, 5) is 11.8. The zero-order valence-corrected chi connectivity index (χ0v) is 17.4. The Hall–Kier alpha value is -1.89. The molecule has 1 aliphatic rings. The summed E-state index contributed by atoms with van der Waals surface area (Å²) in [5, 5.41) is -0.734. The van der Waals surface area contributed by atoms with E-state index in [1.54, 1.807) is 6.92 Å². The highest BCUT2D eigenvalue weighted by Gasteiger charge is 2.30. The molecule has 0 radical (unpaired) electrons. The molecule has 0 amide bonds. The monoisotopic (exact) mass is 421 g/mol. The molecule has 0 aromatic heterocycles. The lowest BCUT2D eigenvalue weighted by molar-refractivity contribution is 0.107. The zero-order valence-electron chi connectivity index (χ0n) is 15.8. The number of benzene rings is 2. The van der Waals surface area contributed by atoms with Crippen molar-refractivity contribution in [3.05, 3.63) is 59.7 Å². The number of nitrogens with zero attached hydrogens (tertiary/aromatic N) is 1. The Morgan fingerprint density at radius 3 is 2.43 bits per heavy atom. The second kappa shape index (κ2) is 9.07. The number of carbonyl (C=O) groups excluding carboxylic acids is 1. The summed E-state index contributed by atoms with van der Waals surface area (Å²) in [6.45, 7) is 3.08. The molecule has 0 aliphatic carbocycles. The maximum absolute atomic E-state index is 13.0. The van der Waals surface area contributed by atoms with E-state index in [2.05, 4.69) is 12.1 Å². The van der Waals surface area contributed by atoms with Crippen molar-refractivity contribution in [2.45, 2.75) is 31.1 Å². The van der Waals surface area contributed by atoms with Gasteiger partial charge < -0.3 is 4.74 Å². The summed E-state index contributed by atoms with van der Waals surface area (Å²) in [6, 6.07) is 14.5. The van der Waals surface area contributed by atoms with Crippen LogP contribution in [0.2, 0.25) is 0 Å². The van der Waals surface area contributed by atoms with Crippen molar-refractivity contribution in [3.63, 3.8) is 0 Å². The second-order valence-electron chi connectivity index (χ2n) is 6.90. The van der Waals surface area contributed by atoms with Crippen molar-refractivity contribution >= 4 is 26.9 Å². The van der Waals surface area contributed by atoms with E-state index in [0.717, 1.165) is 19.3 Å². The molecule has 1 aliphatic heterocycles. The van der Waals surface area contributed by atoms with Gasteiger partial charge in [0.25, 0.3) is 5.24 Å². The molecule has 5 nitrogen and oxygen atoms in total. The Kier molecular flexibility index (Phi) is 6.75. The molecule has 3 rings (SSSR count). The number of ether oxygens (including phenoxy) is 1. The van der Waals surface area contributed by atoms with Crippen molar-refractivity contribution in [2.75, 3.05) is 19.7 Å². The number of hydrogen-bond donors (Lipinski definition) is 0. The quantitative estimate of drug-likeness (QED) is 0.631. The molecule has 28 heavy (non-hydrogen) atoms. The van der Waals surface area contributed by atoms with E-state index >= 15 is 0 Å². The highest BCUT2D eigenvalue weighted by Crippen LogP contribution is 2.29. The van der Waals surface area contributed by atoms with Gasteiger partial charge in [0.05, 0.1) is 17.1 Å². The van der Waals surface area contributed by atoms with Gasteiger partial charge in [0.2, 0.25) is 10.0 Å². The van der Waals surface area contributed by atoms with Crippen LogP contribution in [0.3, 0.4) is 0 Å². The van der Waals surface area contributed by atoms with Crippen LogP contribution in [-0.2, 0) is 16.4 Å². The smallest absolute Gasteiger partial charge is 0.256 e. The van der Waals surface area contributed by atoms with Crippen LogP contribution in [0.4, 0.5) is 0 Å². The van der Waals surface area contributed by atoms with Crippen molar-refractivity contribution in [1.82, 2.24) is 4.31 Å².